The van der Waals surface area contributed by atoms with E-state index in [1.54, 1.807) is 37.3 Å². The molecule has 3 N–H and O–H groups in total. The lowest BCUT2D eigenvalue weighted by Gasteiger charge is -2.09. The molecule has 6 heteroatoms. The largest absolute Gasteiger partial charge is 0.322 e. The van der Waals surface area contributed by atoms with Gasteiger partial charge in [0.15, 0.2) is 0 Å². The molecule has 21 heavy (non-hydrogen) atoms. The van der Waals surface area contributed by atoms with Crippen molar-refractivity contribution >= 4 is 21.6 Å². The van der Waals surface area contributed by atoms with Crippen LogP contribution in [0, 0.1) is 13.8 Å². The summed E-state index contributed by atoms with van der Waals surface area (Å²) in [6.45, 7) is 3.54. The van der Waals surface area contributed by atoms with E-state index in [4.69, 9.17) is 5.14 Å². The van der Waals surface area contributed by atoms with E-state index in [0.29, 0.717) is 16.8 Å². The van der Waals surface area contributed by atoms with E-state index in [1.807, 2.05) is 13.0 Å². The summed E-state index contributed by atoms with van der Waals surface area (Å²) in [6, 6.07) is 11.7. The highest BCUT2D eigenvalue weighted by molar-refractivity contribution is 7.89. The number of amides is 1. The zero-order valence-electron chi connectivity index (χ0n) is 11.8. The number of primary sulfonamides is 1. The van der Waals surface area contributed by atoms with E-state index in [-0.39, 0.29) is 10.8 Å². The standard InChI is InChI=1S/C15H16N2O3S/c1-10-4-3-5-12(8-10)15(18)17-13-7-6-11(2)14(9-13)21(16,19)20/h3-9H,1-2H3,(H,17,18)(H2,16,19,20). The predicted octanol–water partition coefficient (Wildman–Crippen LogP) is 2.20. The molecule has 0 aliphatic heterocycles. The summed E-state index contributed by atoms with van der Waals surface area (Å²) < 4.78 is 22.9. The Morgan fingerprint density at radius 3 is 2.43 bits per heavy atom. The van der Waals surface area contributed by atoms with Gasteiger partial charge in [0.05, 0.1) is 4.90 Å². The zero-order chi connectivity index (χ0) is 15.6. The number of nitrogens with two attached hydrogens (primary N) is 1. The third-order valence-corrected chi connectivity index (χ3v) is 4.09. The molecule has 110 valence electrons. The molecule has 0 aliphatic carbocycles. The number of benzene rings is 2. The number of sulfonamides is 1. The van der Waals surface area contributed by atoms with Crippen molar-refractivity contribution in [3.63, 3.8) is 0 Å². The van der Waals surface area contributed by atoms with Crippen LogP contribution >= 0.6 is 0 Å². The van der Waals surface area contributed by atoms with Crippen LogP contribution in [0.2, 0.25) is 0 Å². The average molecular weight is 304 g/mol. The first-order valence-electron chi connectivity index (χ1n) is 6.29. The summed E-state index contributed by atoms with van der Waals surface area (Å²) in [5, 5.41) is 7.81. The third-order valence-electron chi connectivity index (χ3n) is 3.03. The van der Waals surface area contributed by atoms with Crippen molar-refractivity contribution in [2.45, 2.75) is 18.7 Å². The lowest BCUT2D eigenvalue weighted by atomic mass is 10.1. The van der Waals surface area contributed by atoms with Crippen LogP contribution in [0.15, 0.2) is 47.4 Å². The molecule has 0 atom stereocenters. The Kier molecular flexibility index (Phi) is 4.11. The minimum absolute atomic E-state index is 0.00421. The van der Waals surface area contributed by atoms with Gasteiger partial charge in [0.25, 0.3) is 5.91 Å². The van der Waals surface area contributed by atoms with Crippen LogP contribution in [0.25, 0.3) is 0 Å². The Morgan fingerprint density at radius 2 is 1.81 bits per heavy atom. The molecular weight excluding hydrogens is 288 g/mol. The van der Waals surface area contributed by atoms with E-state index < -0.39 is 10.0 Å². The monoisotopic (exact) mass is 304 g/mol. The van der Waals surface area contributed by atoms with Gasteiger partial charge < -0.3 is 5.32 Å². The first-order valence-corrected chi connectivity index (χ1v) is 7.83. The molecule has 2 aromatic rings. The maximum Gasteiger partial charge on any atom is 0.255 e. The Labute approximate surface area is 123 Å². The molecule has 5 nitrogen and oxygen atoms in total. The summed E-state index contributed by atoms with van der Waals surface area (Å²) in [5.41, 5.74) is 2.40. The Morgan fingerprint density at radius 1 is 1.10 bits per heavy atom. The smallest absolute Gasteiger partial charge is 0.255 e. The highest BCUT2D eigenvalue weighted by Crippen LogP contribution is 2.19. The number of carbonyl (C=O) groups is 1. The van der Waals surface area contributed by atoms with Crippen molar-refractivity contribution in [1.82, 2.24) is 0 Å². The van der Waals surface area contributed by atoms with Gasteiger partial charge in [-0.2, -0.15) is 0 Å². The van der Waals surface area contributed by atoms with Crippen LogP contribution in [-0.2, 0) is 10.0 Å². The number of hydrogen-bond donors (Lipinski definition) is 2. The number of rotatable bonds is 3. The topological polar surface area (TPSA) is 89.3 Å². The maximum atomic E-state index is 12.1. The second kappa shape index (κ2) is 5.67. The molecule has 1 amide bonds. The molecule has 0 heterocycles. The van der Waals surface area contributed by atoms with Crippen molar-refractivity contribution in [1.29, 1.82) is 0 Å². The quantitative estimate of drug-likeness (QED) is 0.911. The van der Waals surface area contributed by atoms with Crippen LogP contribution < -0.4 is 10.5 Å². The van der Waals surface area contributed by atoms with Crippen LogP contribution in [0.3, 0.4) is 0 Å². The molecule has 2 rings (SSSR count). The molecule has 0 unspecified atom stereocenters. The first kappa shape index (κ1) is 15.2. The summed E-state index contributed by atoms with van der Waals surface area (Å²) in [7, 11) is -3.81. The Balaban J connectivity index is 2.30. The maximum absolute atomic E-state index is 12.1. The second-order valence-electron chi connectivity index (χ2n) is 4.85. The summed E-state index contributed by atoms with van der Waals surface area (Å²) in [5.74, 6) is -0.303. The van der Waals surface area contributed by atoms with Crippen molar-refractivity contribution < 1.29 is 13.2 Å². The van der Waals surface area contributed by atoms with Gasteiger partial charge in [-0.05, 0) is 43.7 Å². The molecule has 0 aliphatic rings. The summed E-state index contributed by atoms with van der Waals surface area (Å²) >= 11 is 0. The summed E-state index contributed by atoms with van der Waals surface area (Å²) in [4.78, 5) is 12.1. The minimum Gasteiger partial charge on any atom is -0.322 e. The van der Waals surface area contributed by atoms with E-state index in [9.17, 15) is 13.2 Å². The van der Waals surface area contributed by atoms with Gasteiger partial charge >= 0.3 is 0 Å². The van der Waals surface area contributed by atoms with Crippen LogP contribution in [0.4, 0.5) is 5.69 Å². The second-order valence-corrected chi connectivity index (χ2v) is 6.38. The molecule has 0 radical (unpaired) electrons. The van der Waals surface area contributed by atoms with Crippen molar-refractivity contribution in [2.75, 3.05) is 5.32 Å². The van der Waals surface area contributed by atoms with Gasteiger partial charge in [0, 0.05) is 11.3 Å². The number of carbonyl (C=O) groups excluding carboxylic acids is 1. The molecular formula is C15H16N2O3S. The van der Waals surface area contributed by atoms with E-state index in [2.05, 4.69) is 5.32 Å². The van der Waals surface area contributed by atoms with Crippen LogP contribution in [0.5, 0.6) is 0 Å². The minimum atomic E-state index is -3.81. The third kappa shape index (κ3) is 3.68. The van der Waals surface area contributed by atoms with Crippen LogP contribution in [-0.4, -0.2) is 14.3 Å². The van der Waals surface area contributed by atoms with Crippen LogP contribution in [0.1, 0.15) is 21.5 Å². The Hall–Kier alpha value is -2.18. The van der Waals surface area contributed by atoms with E-state index in [1.165, 1.54) is 6.07 Å². The number of nitrogens with one attached hydrogen (secondary N) is 1. The zero-order valence-corrected chi connectivity index (χ0v) is 12.6. The lowest BCUT2D eigenvalue weighted by Crippen LogP contribution is -2.16. The Bertz CT molecular complexity index is 798. The van der Waals surface area contributed by atoms with Gasteiger partial charge in [-0.15, -0.1) is 0 Å². The number of hydrogen-bond acceptors (Lipinski definition) is 3. The number of anilines is 1. The highest BCUT2D eigenvalue weighted by Gasteiger charge is 2.13. The fourth-order valence-corrected chi connectivity index (χ4v) is 2.78. The van der Waals surface area contributed by atoms with Crippen molar-refractivity contribution in [3.8, 4) is 0 Å². The van der Waals surface area contributed by atoms with E-state index in [0.717, 1.165) is 5.56 Å². The molecule has 0 saturated heterocycles. The average Bonchev–Trinajstić information content (AvgIpc) is 2.39. The van der Waals surface area contributed by atoms with Gasteiger partial charge in [0.1, 0.15) is 0 Å². The molecule has 0 aromatic heterocycles. The molecule has 0 spiro atoms. The van der Waals surface area contributed by atoms with Crippen molar-refractivity contribution in [3.05, 3.63) is 59.2 Å². The summed E-state index contributed by atoms with van der Waals surface area (Å²) in [6.07, 6.45) is 0. The number of aryl methyl sites for hydroxylation is 2. The fraction of sp³-hybridized carbons (Fsp3) is 0.133. The normalized spacial score (nSPS) is 11.2. The highest BCUT2D eigenvalue weighted by atomic mass is 32.2. The first-order chi connectivity index (χ1) is 9.77. The fourth-order valence-electron chi connectivity index (χ4n) is 1.97. The molecule has 0 fully saturated rings. The van der Waals surface area contributed by atoms with Gasteiger partial charge in [-0.25, -0.2) is 13.6 Å². The van der Waals surface area contributed by atoms with Crippen molar-refractivity contribution in [2.24, 2.45) is 5.14 Å². The lowest BCUT2D eigenvalue weighted by molar-refractivity contribution is 0.102. The molecule has 0 bridgehead atoms. The SMILES string of the molecule is Cc1cccc(C(=O)Nc2ccc(C)c(S(N)(=O)=O)c2)c1. The van der Waals surface area contributed by atoms with Gasteiger partial charge in [0.2, 0.25) is 10.0 Å². The van der Waals surface area contributed by atoms with E-state index >= 15 is 0 Å². The molecule has 2 aromatic carbocycles. The van der Waals surface area contributed by atoms with Gasteiger partial charge in [-0.1, -0.05) is 23.8 Å². The van der Waals surface area contributed by atoms with Gasteiger partial charge in [-0.3, -0.25) is 4.79 Å². The molecule has 0 saturated carbocycles. The predicted molar refractivity (Wildman–Crippen MR) is 81.7 cm³/mol.